The van der Waals surface area contributed by atoms with Gasteiger partial charge in [0, 0.05) is 24.0 Å². The third kappa shape index (κ3) is 3.23. The van der Waals surface area contributed by atoms with Crippen molar-refractivity contribution in [3.63, 3.8) is 0 Å². The highest BCUT2D eigenvalue weighted by Gasteiger charge is 2.11. The first kappa shape index (κ1) is 16.5. The monoisotopic (exact) mass is 366 g/mol. The SMILES string of the molecule is CCc1cnc(CCNc2nc3c(cnn3-c3ccccc3)c(=O)[nH]2)s1. The van der Waals surface area contributed by atoms with Crippen molar-refractivity contribution in [3.8, 4) is 5.69 Å². The zero-order chi connectivity index (χ0) is 17.9. The van der Waals surface area contributed by atoms with Crippen LogP contribution in [-0.4, -0.2) is 31.3 Å². The Balaban J connectivity index is 1.57. The van der Waals surface area contributed by atoms with Gasteiger partial charge in [-0.2, -0.15) is 10.1 Å². The summed E-state index contributed by atoms with van der Waals surface area (Å²) in [5, 5.41) is 9.03. The van der Waals surface area contributed by atoms with Crippen molar-refractivity contribution in [1.82, 2.24) is 24.7 Å². The topological polar surface area (TPSA) is 88.5 Å². The van der Waals surface area contributed by atoms with Crippen LogP contribution in [0.2, 0.25) is 0 Å². The van der Waals surface area contributed by atoms with Gasteiger partial charge in [-0.15, -0.1) is 11.3 Å². The Bertz CT molecular complexity index is 1080. The van der Waals surface area contributed by atoms with E-state index >= 15 is 0 Å². The van der Waals surface area contributed by atoms with E-state index in [-0.39, 0.29) is 5.56 Å². The third-order valence-electron chi connectivity index (χ3n) is 4.02. The van der Waals surface area contributed by atoms with Gasteiger partial charge in [-0.3, -0.25) is 9.78 Å². The Hall–Kier alpha value is -3.00. The van der Waals surface area contributed by atoms with E-state index in [9.17, 15) is 4.79 Å². The molecule has 8 heteroatoms. The van der Waals surface area contributed by atoms with Crippen LogP contribution < -0.4 is 10.9 Å². The van der Waals surface area contributed by atoms with Crippen molar-refractivity contribution in [3.05, 3.63) is 63.0 Å². The molecule has 0 saturated heterocycles. The normalized spacial score (nSPS) is 11.1. The fourth-order valence-corrected chi connectivity index (χ4v) is 3.54. The first-order valence-electron chi connectivity index (χ1n) is 8.45. The molecule has 1 aromatic carbocycles. The number of hydrogen-bond donors (Lipinski definition) is 2. The zero-order valence-electron chi connectivity index (χ0n) is 14.3. The van der Waals surface area contributed by atoms with Crippen LogP contribution >= 0.6 is 11.3 Å². The molecule has 0 spiro atoms. The minimum absolute atomic E-state index is 0.206. The van der Waals surface area contributed by atoms with Gasteiger partial charge in [0.25, 0.3) is 5.56 Å². The summed E-state index contributed by atoms with van der Waals surface area (Å²) >= 11 is 1.72. The lowest BCUT2D eigenvalue weighted by Crippen LogP contribution is -2.15. The van der Waals surface area contributed by atoms with Crippen molar-refractivity contribution >= 4 is 28.3 Å². The third-order valence-corrected chi connectivity index (χ3v) is 5.22. The van der Waals surface area contributed by atoms with Crippen molar-refractivity contribution in [2.24, 2.45) is 0 Å². The van der Waals surface area contributed by atoms with Gasteiger partial charge < -0.3 is 5.32 Å². The molecule has 0 aliphatic heterocycles. The van der Waals surface area contributed by atoms with Gasteiger partial charge in [-0.25, -0.2) is 9.67 Å². The fraction of sp³-hybridized carbons (Fsp3) is 0.222. The van der Waals surface area contributed by atoms with E-state index in [1.54, 1.807) is 22.2 Å². The van der Waals surface area contributed by atoms with E-state index in [1.807, 2.05) is 36.5 Å². The molecule has 4 rings (SSSR count). The van der Waals surface area contributed by atoms with Crippen LogP contribution in [0, 0.1) is 0 Å². The highest BCUT2D eigenvalue weighted by Crippen LogP contribution is 2.16. The Kier molecular flexibility index (Phi) is 4.49. The molecule has 0 fully saturated rings. The van der Waals surface area contributed by atoms with E-state index in [2.05, 4.69) is 32.3 Å². The van der Waals surface area contributed by atoms with E-state index in [0.29, 0.717) is 23.5 Å². The van der Waals surface area contributed by atoms with Gasteiger partial charge >= 0.3 is 0 Å². The molecule has 4 aromatic rings. The maximum Gasteiger partial charge on any atom is 0.263 e. The number of rotatable bonds is 6. The van der Waals surface area contributed by atoms with E-state index in [1.165, 1.54) is 4.88 Å². The number of aromatic amines is 1. The lowest BCUT2D eigenvalue weighted by Gasteiger charge is -2.06. The van der Waals surface area contributed by atoms with Crippen LogP contribution in [0.4, 0.5) is 5.95 Å². The summed E-state index contributed by atoms with van der Waals surface area (Å²) in [6.07, 6.45) is 5.24. The van der Waals surface area contributed by atoms with Crippen molar-refractivity contribution < 1.29 is 0 Å². The first-order valence-corrected chi connectivity index (χ1v) is 9.27. The smallest absolute Gasteiger partial charge is 0.263 e. The molecule has 3 heterocycles. The Morgan fingerprint density at radius 2 is 2.08 bits per heavy atom. The molecule has 0 amide bonds. The molecular weight excluding hydrogens is 348 g/mol. The average Bonchev–Trinajstić information content (AvgIpc) is 3.29. The summed E-state index contributed by atoms with van der Waals surface area (Å²) in [7, 11) is 0. The molecule has 3 aromatic heterocycles. The second kappa shape index (κ2) is 7.09. The van der Waals surface area contributed by atoms with Crippen LogP contribution in [0.5, 0.6) is 0 Å². The summed E-state index contributed by atoms with van der Waals surface area (Å²) < 4.78 is 1.67. The average molecular weight is 366 g/mol. The number of nitrogens with one attached hydrogen (secondary N) is 2. The van der Waals surface area contributed by atoms with Gasteiger partial charge in [-0.1, -0.05) is 25.1 Å². The standard InChI is InChI=1S/C18H18N6OS/c1-2-13-10-20-15(26-13)8-9-19-18-22-16-14(17(25)23-18)11-21-24(16)12-6-4-3-5-7-12/h3-7,10-11H,2,8-9H2,1H3,(H2,19,22,23,25). The number of aromatic nitrogens is 5. The number of thiazole rings is 1. The first-order chi connectivity index (χ1) is 12.7. The molecule has 26 heavy (non-hydrogen) atoms. The number of fused-ring (bicyclic) bond motifs is 1. The minimum Gasteiger partial charge on any atom is -0.355 e. The molecule has 0 unspecified atom stereocenters. The second-order valence-electron chi connectivity index (χ2n) is 5.79. The maximum atomic E-state index is 12.3. The predicted octanol–water partition coefficient (Wildman–Crippen LogP) is 2.78. The zero-order valence-corrected chi connectivity index (χ0v) is 15.1. The number of nitrogens with zero attached hydrogens (tertiary/aromatic N) is 4. The molecule has 132 valence electrons. The Morgan fingerprint density at radius 3 is 2.85 bits per heavy atom. The highest BCUT2D eigenvalue weighted by atomic mass is 32.1. The maximum absolute atomic E-state index is 12.3. The lowest BCUT2D eigenvalue weighted by atomic mass is 10.3. The summed E-state index contributed by atoms with van der Waals surface area (Å²) in [5.74, 6) is 0.437. The molecule has 2 N–H and O–H groups in total. The summed E-state index contributed by atoms with van der Waals surface area (Å²) in [5.41, 5.74) is 1.19. The number of hydrogen-bond acceptors (Lipinski definition) is 6. The summed E-state index contributed by atoms with van der Waals surface area (Å²) in [6, 6.07) is 9.64. The Morgan fingerprint density at radius 1 is 1.23 bits per heavy atom. The summed E-state index contributed by atoms with van der Waals surface area (Å²) in [4.78, 5) is 25.3. The quantitative estimate of drug-likeness (QED) is 0.548. The van der Waals surface area contributed by atoms with Crippen LogP contribution in [0.15, 0.2) is 47.5 Å². The molecule has 0 saturated carbocycles. The van der Waals surface area contributed by atoms with Crippen LogP contribution in [-0.2, 0) is 12.8 Å². The molecule has 0 bridgehead atoms. The largest absolute Gasteiger partial charge is 0.355 e. The molecular formula is C18H18N6OS. The van der Waals surface area contributed by atoms with Crippen LogP contribution in [0.1, 0.15) is 16.8 Å². The van der Waals surface area contributed by atoms with Gasteiger partial charge in [0.1, 0.15) is 5.39 Å². The highest BCUT2D eigenvalue weighted by molar-refractivity contribution is 7.11. The fourth-order valence-electron chi connectivity index (χ4n) is 2.68. The van der Waals surface area contributed by atoms with Gasteiger partial charge in [0.15, 0.2) is 5.65 Å². The van der Waals surface area contributed by atoms with Crippen LogP contribution in [0.3, 0.4) is 0 Å². The molecule has 0 aliphatic carbocycles. The lowest BCUT2D eigenvalue weighted by molar-refractivity contribution is 0.892. The molecule has 7 nitrogen and oxygen atoms in total. The van der Waals surface area contributed by atoms with Gasteiger partial charge in [0.2, 0.25) is 5.95 Å². The van der Waals surface area contributed by atoms with Crippen molar-refractivity contribution in [2.45, 2.75) is 19.8 Å². The number of aryl methyl sites for hydroxylation is 1. The van der Waals surface area contributed by atoms with Gasteiger partial charge in [0.05, 0.1) is 16.9 Å². The molecule has 0 aliphatic rings. The Labute approximate surface area is 153 Å². The second-order valence-corrected chi connectivity index (χ2v) is 6.99. The number of para-hydroxylation sites is 1. The summed E-state index contributed by atoms with van der Waals surface area (Å²) in [6.45, 7) is 2.76. The van der Waals surface area contributed by atoms with Gasteiger partial charge in [-0.05, 0) is 18.6 Å². The van der Waals surface area contributed by atoms with E-state index in [0.717, 1.165) is 23.5 Å². The molecule has 0 atom stereocenters. The van der Waals surface area contributed by atoms with Crippen molar-refractivity contribution in [2.75, 3.05) is 11.9 Å². The number of anilines is 1. The van der Waals surface area contributed by atoms with E-state index < -0.39 is 0 Å². The predicted molar refractivity (Wildman–Crippen MR) is 103 cm³/mol. The van der Waals surface area contributed by atoms with Crippen LogP contribution in [0.25, 0.3) is 16.7 Å². The number of H-pyrrole nitrogens is 1. The number of benzene rings is 1. The molecule has 0 radical (unpaired) electrons. The minimum atomic E-state index is -0.206. The van der Waals surface area contributed by atoms with Crippen molar-refractivity contribution in [1.29, 1.82) is 0 Å². The van der Waals surface area contributed by atoms with E-state index in [4.69, 9.17) is 0 Å².